The Balaban J connectivity index is 1.37. The van der Waals surface area contributed by atoms with Gasteiger partial charge in [-0.15, -0.1) is 0 Å². The van der Waals surface area contributed by atoms with Gasteiger partial charge in [0.15, 0.2) is 5.17 Å². The van der Waals surface area contributed by atoms with E-state index < -0.39 is 11.7 Å². The first kappa shape index (κ1) is 22.9. The molecule has 3 heterocycles. The largest absolute Gasteiger partial charge is 0.416 e. The second-order valence-electron chi connectivity index (χ2n) is 7.97. The number of halogens is 4. The molecule has 11 heteroatoms. The standard InChI is InChI=1S/C23H19ClF3N5OS/c24-17-3-2-15(18(11-17)23(25,26)27)13-32-19-4-1-14(9-16(19)12-29-32)10-20-21(33)30-22(34-20)31-7-5-28-6-8-31/h1-4,9-12,28H,5-8,13H2/b20-10-. The predicted octanol–water partition coefficient (Wildman–Crippen LogP) is 4.63. The maximum absolute atomic E-state index is 13.5. The Morgan fingerprint density at radius 3 is 2.71 bits per heavy atom. The Labute approximate surface area is 202 Å². The number of hydrogen-bond acceptors (Lipinski definition) is 5. The van der Waals surface area contributed by atoms with Crippen molar-refractivity contribution in [1.82, 2.24) is 20.0 Å². The zero-order valence-corrected chi connectivity index (χ0v) is 19.3. The molecule has 2 aliphatic rings. The summed E-state index contributed by atoms with van der Waals surface area (Å²) in [7, 11) is 0. The lowest BCUT2D eigenvalue weighted by molar-refractivity contribution is -0.138. The molecule has 0 spiro atoms. The Bertz CT molecular complexity index is 1330. The van der Waals surface area contributed by atoms with Crippen molar-refractivity contribution in [2.75, 3.05) is 26.2 Å². The third-order valence-electron chi connectivity index (χ3n) is 5.66. The number of nitrogens with one attached hydrogen (secondary N) is 1. The predicted molar refractivity (Wildman–Crippen MR) is 128 cm³/mol. The summed E-state index contributed by atoms with van der Waals surface area (Å²) in [6.45, 7) is 3.27. The molecule has 176 valence electrons. The van der Waals surface area contributed by atoms with Gasteiger partial charge in [-0.2, -0.15) is 23.3 Å². The highest BCUT2D eigenvalue weighted by molar-refractivity contribution is 8.18. The van der Waals surface area contributed by atoms with Crippen LogP contribution in [0.15, 0.2) is 52.5 Å². The first-order valence-electron chi connectivity index (χ1n) is 10.6. The number of carbonyl (C=O) groups is 1. The van der Waals surface area contributed by atoms with Gasteiger partial charge < -0.3 is 10.2 Å². The van der Waals surface area contributed by atoms with E-state index in [2.05, 4.69) is 20.3 Å². The zero-order chi connectivity index (χ0) is 23.9. The molecule has 2 aliphatic heterocycles. The van der Waals surface area contributed by atoms with E-state index >= 15 is 0 Å². The summed E-state index contributed by atoms with van der Waals surface area (Å²) < 4.78 is 41.9. The summed E-state index contributed by atoms with van der Waals surface area (Å²) in [5.74, 6) is -0.267. The van der Waals surface area contributed by atoms with E-state index in [9.17, 15) is 18.0 Å². The number of hydrogen-bond donors (Lipinski definition) is 1. The van der Waals surface area contributed by atoms with Crippen LogP contribution < -0.4 is 5.32 Å². The van der Waals surface area contributed by atoms with Gasteiger partial charge in [0.05, 0.1) is 28.7 Å². The number of nitrogens with zero attached hydrogens (tertiary/aromatic N) is 4. The van der Waals surface area contributed by atoms with Gasteiger partial charge in [-0.05, 0) is 53.2 Å². The molecule has 0 unspecified atom stereocenters. The molecule has 1 fully saturated rings. The minimum atomic E-state index is -4.51. The fourth-order valence-electron chi connectivity index (χ4n) is 3.97. The van der Waals surface area contributed by atoms with Gasteiger partial charge in [0.1, 0.15) is 0 Å². The number of carbonyl (C=O) groups excluding carboxylic acids is 1. The Morgan fingerprint density at radius 1 is 1.15 bits per heavy atom. The molecule has 34 heavy (non-hydrogen) atoms. The van der Waals surface area contributed by atoms with Crippen LogP contribution in [0.1, 0.15) is 16.7 Å². The SMILES string of the molecule is O=C1N=C(N2CCNCC2)S/C1=C\c1ccc2c(cnn2Cc2ccc(Cl)cc2C(F)(F)F)c1. The molecular formula is C23H19ClF3N5OS. The first-order valence-corrected chi connectivity index (χ1v) is 11.8. The number of rotatable bonds is 3. The highest BCUT2D eigenvalue weighted by atomic mass is 35.5. The molecule has 0 bridgehead atoms. The van der Waals surface area contributed by atoms with Crippen LogP contribution in [0.3, 0.4) is 0 Å². The number of piperazine rings is 1. The number of benzene rings is 2. The van der Waals surface area contributed by atoms with E-state index in [1.165, 1.54) is 28.6 Å². The first-order chi connectivity index (χ1) is 16.3. The topological polar surface area (TPSA) is 62.5 Å². The molecule has 1 saturated heterocycles. The molecule has 1 amide bonds. The Morgan fingerprint density at radius 2 is 1.94 bits per heavy atom. The van der Waals surface area contributed by atoms with Crippen LogP contribution in [0, 0.1) is 0 Å². The second kappa shape index (κ2) is 9.09. The number of thioether (sulfide) groups is 1. The van der Waals surface area contributed by atoms with Crippen LogP contribution in [-0.4, -0.2) is 51.9 Å². The highest BCUT2D eigenvalue weighted by Gasteiger charge is 2.33. The molecular weight excluding hydrogens is 487 g/mol. The number of aromatic nitrogens is 2. The summed E-state index contributed by atoms with van der Waals surface area (Å²) in [5.41, 5.74) is 0.788. The number of amides is 1. The lowest BCUT2D eigenvalue weighted by Gasteiger charge is -2.27. The lowest BCUT2D eigenvalue weighted by atomic mass is 10.1. The zero-order valence-electron chi connectivity index (χ0n) is 17.8. The van der Waals surface area contributed by atoms with Crippen LogP contribution >= 0.6 is 23.4 Å². The van der Waals surface area contributed by atoms with Gasteiger partial charge in [-0.25, -0.2) is 0 Å². The van der Waals surface area contributed by atoms with Crippen LogP contribution in [0.25, 0.3) is 17.0 Å². The maximum Gasteiger partial charge on any atom is 0.416 e. The quantitative estimate of drug-likeness (QED) is 0.526. The van der Waals surface area contributed by atoms with Crippen LogP contribution in [0.5, 0.6) is 0 Å². The molecule has 3 aromatic rings. The van der Waals surface area contributed by atoms with Gasteiger partial charge in [-0.1, -0.05) is 23.7 Å². The monoisotopic (exact) mass is 505 g/mol. The summed E-state index contributed by atoms with van der Waals surface area (Å²) >= 11 is 7.14. The lowest BCUT2D eigenvalue weighted by Crippen LogP contribution is -2.45. The minimum absolute atomic E-state index is 0.0301. The van der Waals surface area contributed by atoms with Crippen molar-refractivity contribution in [3.8, 4) is 0 Å². The van der Waals surface area contributed by atoms with E-state index in [1.54, 1.807) is 18.3 Å². The van der Waals surface area contributed by atoms with Gasteiger partial charge in [-0.3, -0.25) is 9.48 Å². The average molecular weight is 506 g/mol. The third kappa shape index (κ3) is 4.70. The Kier molecular flexibility index (Phi) is 6.13. The van der Waals surface area contributed by atoms with Crippen molar-refractivity contribution >= 4 is 51.4 Å². The summed E-state index contributed by atoms with van der Waals surface area (Å²) in [5, 5.41) is 9.07. The molecule has 5 rings (SSSR count). The summed E-state index contributed by atoms with van der Waals surface area (Å²) in [4.78, 5) is 19.2. The van der Waals surface area contributed by atoms with E-state index in [0.717, 1.165) is 48.4 Å². The molecule has 0 saturated carbocycles. The molecule has 0 aliphatic carbocycles. The Hall–Kier alpha value is -2.82. The van der Waals surface area contributed by atoms with Gasteiger partial charge in [0, 0.05) is 36.6 Å². The molecule has 0 radical (unpaired) electrons. The van der Waals surface area contributed by atoms with Crippen molar-refractivity contribution in [2.24, 2.45) is 4.99 Å². The van der Waals surface area contributed by atoms with Crippen molar-refractivity contribution < 1.29 is 18.0 Å². The molecule has 6 nitrogen and oxygen atoms in total. The summed E-state index contributed by atoms with van der Waals surface area (Å²) in [6, 6.07) is 9.21. The van der Waals surface area contributed by atoms with Crippen LogP contribution in [-0.2, 0) is 17.5 Å². The van der Waals surface area contributed by atoms with E-state index in [4.69, 9.17) is 11.6 Å². The van der Waals surface area contributed by atoms with E-state index in [1.807, 2.05) is 12.1 Å². The van der Waals surface area contributed by atoms with Gasteiger partial charge >= 0.3 is 6.18 Å². The van der Waals surface area contributed by atoms with Gasteiger partial charge in [0.2, 0.25) is 0 Å². The average Bonchev–Trinajstić information content (AvgIpc) is 3.38. The maximum atomic E-state index is 13.5. The molecule has 2 aromatic carbocycles. The second-order valence-corrected chi connectivity index (χ2v) is 9.41. The fraction of sp³-hybridized carbons (Fsp3) is 0.261. The molecule has 0 atom stereocenters. The number of aliphatic imine (C=N–C) groups is 1. The number of amidine groups is 1. The normalized spacial score (nSPS) is 18.2. The molecule has 1 aromatic heterocycles. The van der Waals surface area contributed by atoms with Crippen LogP contribution in [0.2, 0.25) is 5.02 Å². The number of alkyl halides is 3. The fourth-order valence-corrected chi connectivity index (χ4v) is 5.11. The van der Waals surface area contributed by atoms with E-state index in [0.29, 0.717) is 10.4 Å². The molecule has 1 N–H and O–H groups in total. The van der Waals surface area contributed by atoms with Crippen LogP contribution in [0.4, 0.5) is 13.2 Å². The minimum Gasteiger partial charge on any atom is -0.348 e. The summed E-state index contributed by atoms with van der Waals surface area (Å²) in [6.07, 6.45) is -1.13. The van der Waals surface area contributed by atoms with Crippen molar-refractivity contribution in [3.05, 3.63) is 69.2 Å². The smallest absolute Gasteiger partial charge is 0.348 e. The number of fused-ring (bicyclic) bond motifs is 1. The van der Waals surface area contributed by atoms with Crippen molar-refractivity contribution in [2.45, 2.75) is 12.7 Å². The third-order valence-corrected chi connectivity index (χ3v) is 6.94. The van der Waals surface area contributed by atoms with Crippen molar-refractivity contribution in [1.29, 1.82) is 0 Å². The van der Waals surface area contributed by atoms with Gasteiger partial charge in [0.25, 0.3) is 5.91 Å². The highest BCUT2D eigenvalue weighted by Crippen LogP contribution is 2.35. The van der Waals surface area contributed by atoms with Crippen molar-refractivity contribution in [3.63, 3.8) is 0 Å². The van der Waals surface area contributed by atoms with E-state index in [-0.39, 0.29) is 23.0 Å².